The van der Waals surface area contributed by atoms with Crippen molar-refractivity contribution >= 4 is 24.1 Å². The van der Waals surface area contributed by atoms with E-state index < -0.39 is 80.0 Å². The highest BCUT2D eigenvalue weighted by Gasteiger charge is 2.48. The van der Waals surface area contributed by atoms with Gasteiger partial charge in [-0.1, -0.05) is 60.7 Å². The third-order valence-corrected chi connectivity index (χ3v) is 6.79. The Kier molecular flexibility index (Phi) is 11.0. The Morgan fingerprint density at radius 2 is 1.24 bits per heavy atom. The molecule has 2 heterocycles. The highest BCUT2D eigenvalue weighted by atomic mass is 16.7. The SMILES string of the molecule is C[C@@H]1O[C@@H](OC[C@H]2O[C@@H](OC(=O)/C=C/c3ccccc3)[C@H](O)[C@@H](O)[C@@H]2O)[C@H](OC(=O)/C=C/c2ccccc2)[C@H](O)[C@H]1O. The van der Waals surface area contributed by atoms with E-state index in [-0.39, 0.29) is 0 Å². The number of aliphatic hydroxyl groups excluding tert-OH is 5. The summed E-state index contributed by atoms with van der Waals surface area (Å²) in [5, 5.41) is 52.1. The second-order valence-electron chi connectivity index (χ2n) is 9.87. The zero-order valence-electron chi connectivity index (χ0n) is 22.7. The predicted molar refractivity (Wildman–Crippen MR) is 146 cm³/mol. The molecule has 5 N–H and O–H groups in total. The van der Waals surface area contributed by atoms with Crippen LogP contribution in [0.25, 0.3) is 12.2 Å². The molecular formula is C30H34O12. The van der Waals surface area contributed by atoms with Crippen LogP contribution in [0.2, 0.25) is 0 Å². The zero-order valence-corrected chi connectivity index (χ0v) is 22.7. The molecule has 0 aliphatic carbocycles. The van der Waals surface area contributed by atoms with Gasteiger partial charge >= 0.3 is 11.9 Å². The molecule has 42 heavy (non-hydrogen) atoms. The van der Waals surface area contributed by atoms with Gasteiger partial charge < -0.3 is 49.2 Å². The first-order valence-electron chi connectivity index (χ1n) is 13.3. The normalized spacial score (nSPS) is 33.5. The summed E-state index contributed by atoms with van der Waals surface area (Å²) < 4.78 is 27.3. The standard InChI is InChI=1S/C30H34O12/c1-17-23(33)26(36)28(41-21(31)14-12-18-8-4-2-5-9-18)30(39-17)38-16-20-24(34)25(35)27(37)29(40-20)42-22(32)15-13-19-10-6-3-7-11-19/h2-15,17,20,23-30,33-37H,16H2,1H3/b14-12+,15-13+/t17-,20+,23-,24+,25-,26+,27+,28+,29-,30+/m0/s1. The van der Waals surface area contributed by atoms with Gasteiger partial charge in [-0.05, 0) is 30.2 Å². The first kappa shape index (κ1) is 31.5. The highest BCUT2D eigenvalue weighted by Crippen LogP contribution is 2.27. The topological polar surface area (TPSA) is 181 Å². The molecule has 12 heteroatoms. The summed E-state index contributed by atoms with van der Waals surface area (Å²) in [4.78, 5) is 24.8. The van der Waals surface area contributed by atoms with Crippen molar-refractivity contribution in [2.75, 3.05) is 6.61 Å². The molecule has 2 fully saturated rings. The lowest BCUT2D eigenvalue weighted by Gasteiger charge is -2.42. The van der Waals surface area contributed by atoms with Gasteiger partial charge in [0.2, 0.25) is 6.29 Å². The van der Waals surface area contributed by atoms with Crippen LogP contribution in [0.1, 0.15) is 18.1 Å². The van der Waals surface area contributed by atoms with Crippen LogP contribution in [0.3, 0.4) is 0 Å². The van der Waals surface area contributed by atoms with Crippen LogP contribution in [0, 0.1) is 0 Å². The molecule has 10 atom stereocenters. The molecule has 2 saturated heterocycles. The molecule has 0 aromatic heterocycles. The van der Waals surface area contributed by atoms with E-state index in [0.29, 0.717) is 0 Å². The van der Waals surface area contributed by atoms with E-state index in [2.05, 4.69) is 0 Å². The van der Waals surface area contributed by atoms with E-state index in [1.165, 1.54) is 19.1 Å². The van der Waals surface area contributed by atoms with Gasteiger partial charge in [0.1, 0.15) is 36.6 Å². The monoisotopic (exact) mass is 586 g/mol. The van der Waals surface area contributed by atoms with E-state index in [1.54, 1.807) is 48.5 Å². The Bertz CT molecular complexity index is 1220. The molecule has 0 radical (unpaired) electrons. The lowest BCUT2D eigenvalue weighted by atomic mass is 9.98. The van der Waals surface area contributed by atoms with Gasteiger partial charge in [-0.15, -0.1) is 0 Å². The number of esters is 2. The van der Waals surface area contributed by atoms with Crippen LogP contribution in [-0.2, 0) is 33.3 Å². The highest BCUT2D eigenvalue weighted by molar-refractivity contribution is 5.87. The van der Waals surface area contributed by atoms with Crippen LogP contribution in [0.4, 0.5) is 0 Å². The number of carbonyl (C=O) groups is 2. The average molecular weight is 587 g/mol. The second-order valence-corrected chi connectivity index (χ2v) is 9.87. The molecule has 0 spiro atoms. The Balaban J connectivity index is 1.39. The minimum absolute atomic E-state index is 0.507. The van der Waals surface area contributed by atoms with Gasteiger partial charge in [-0.3, -0.25) is 0 Å². The van der Waals surface area contributed by atoms with Gasteiger partial charge in [0.15, 0.2) is 12.4 Å². The second kappa shape index (κ2) is 14.6. The quantitative estimate of drug-likeness (QED) is 0.199. The molecular weight excluding hydrogens is 552 g/mol. The molecule has 226 valence electrons. The summed E-state index contributed by atoms with van der Waals surface area (Å²) in [6, 6.07) is 17.8. The van der Waals surface area contributed by atoms with Crippen LogP contribution in [-0.4, -0.2) is 105 Å². The minimum atomic E-state index is -1.77. The molecule has 2 aliphatic heterocycles. The number of rotatable bonds is 9. The predicted octanol–water partition coefficient (Wildman–Crippen LogP) is 0.159. The summed E-state index contributed by atoms with van der Waals surface area (Å²) in [5.41, 5.74) is 1.45. The van der Waals surface area contributed by atoms with Gasteiger partial charge in [-0.2, -0.15) is 0 Å². The molecule has 2 aromatic carbocycles. The van der Waals surface area contributed by atoms with Crippen molar-refractivity contribution in [3.63, 3.8) is 0 Å². The summed E-state index contributed by atoms with van der Waals surface area (Å²) >= 11 is 0. The Morgan fingerprint density at radius 1 is 0.690 bits per heavy atom. The number of ether oxygens (including phenoxy) is 5. The van der Waals surface area contributed by atoms with E-state index in [0.717, 1.165) is 23.3 Å². The summed E-state index contributed by atoms with van der Waals surface area (Å²) in [6.45, 7) is 0.967. The summed E-state index contributed by atoms with van der Waals surface area (Å²) in [5.74, 6) is -1.71. The molecule has 0 unspecified atom stereocenters. The minimum Gasteiger partial charge on any atom is -0.451 e. The smallest absolute Gasteiger partial charge is 0.333 e. The van der Waals surface area contributed by atoms with Crippen molar-refractivity contribution in [2.45, 2.75) is 68.3 Å². The number of hydrogen-bond acceptors (Lipinski definition) is 12. The number of aliphatic hydroxyl groups is 5. The molecule has 2 aromatic rings. The summed E-state index contributed by atoms with van der Waals surface area (Å²) in [6.07, 6.45) is -9.73. The maximum Gasteiger partial charge on any atom is 0.333 e. The third-order valence-electron chi connectivity index (χ3n) is 6.79. The maximum atomic E-state index is 12.5. The molecule has 4 rings (SSSR count). The van der Waals surface area contributed by atoms with E-state index in [9.17, 15) is 35.1 Å². The third kappa shape index (κ3) is 8.09. The lowest BCUT2D eigenvalue weighted by Crippen LogP contribution is -2.61. The lowest BCUT2D eigenvalue weighted by molar-refractivity contribution is -0.323. The first-order valence-corrected chi connectivity index (χ1v) is 13.3. The van der Waals surface area contributed by atoms with Crippen molar-refractivity contribution < 1.29 is 58.8 Å². The number of benzene rings is 2. The fraction of sp³-hybridized carbons (Fsp3) is 0.400. The van der Waals surface area contributed by atoms with Crippen LogP contribution in [0.5, 0.6) is 0 Å². The largest absolute Gasteiger partial charge is 0.451 e. The van der Waals surface area contributed by atoms with Crippen LogP contribution < -0.4 is 0 Å². The molecule has 2 aliphatic rings. The number of carbonyl (C=O) groups excluding carboxylic acids is 2. The van der Waals surface area contributed by atoms with Crippen molar-refractivity contribution in [3.05, 3.63) is 83.9 Å². The Labute approximate surface area is 242 Å². The van der Waals surface area contributed by atoms with E-state index in [1.807, 2.05) is 12.1 Å². The Morgan fingerprint density at radius 3 is 1.81 bits per heavy atom. The van der Waals surface area contributed by atoms with Gasteiger partial charge in [-0.25, -0.2) is 9.59 Å². The first-order chi connectivity index (χ1) is 20.1. The van der Waals surface area contributed by atoms with Crippen molar-refractivity contribution in [2.24, 2.45) is 0 Å². The van der Waals surface area contributed by atoms with Crippen LogP contribution >= 0.6 is 0 Å². The molecule has 0 amide bonds. The molecule has 0 bridgehead atoms. The maximum absolute atomic E-state index is 12.5. The fourth-order valence-electron chi connectivity index (χ4n) is 4.39. The van der Waals surface area contributed by atoms with Crippen molar-refractivity contribution in [1.29, 1.82) is 0 Å². The van der Waals surface area contributed by atoms with Crippen LogP contribution in [0.15, 0.2) is 72.8 Å². The van der Waals surface area contributed by atoms with Crippen molar-refractivity contribution in [3.8, 4) is 0 Å². The van der Waals surface area contributed by atoms with E-state index in [4.69, 9.17) is 23.7 Å². The Hall–Kier alpha value is -3.46. The number of hydrogen-bond donors (Lipinski definition) is 5. The average Bonchev–Trinajstić information content (AvgIpc) is 3.00. The van der Waals surface area contributed by atoms with Gasteiger partial charge in [0.25, 0.3) is 0 Å². The van der Waals surface area contributed by atoms with Gasteiger partial charge in [0, 0.05) is 12.2 Å². The summed E-state index contributed by atoms with van der Waals surface area (Å²) in [7, 11) is 0. The van der Waals surface area contributed by atoms with Gasteiger partial charge in [0.05, 0.1) is 12.7 Å². The van der Waals surface area contributed by atoms with Crippen molar-refractivity contribution in [1.82, 2.24) is 0 Å². The fourth-order valence-corrected chi connectivity index (χ4v) is 4.39. The molecule has 0 saturated carbocycles. The molecule has 12 nitrogen and oxygen atoms in total. The van der Waals surface area contributed by atoms with E-state index >= 15 is 0 Å². The zero-order chi connectivity index (χ0) is 30.2.